The fourth-order valence-corrected chi connectivity index (χ4v) is 1.88. The number of anilines is 1. The Balaban J connectivity index is 1.97. The summed E-state index contributed by atoms with van der Waals surface area (Å²) in [6.07, 6.45) is 1.23. The van der Waals surface area contributed by atoms with Gasteiger partial charge in [-0.2, -0.15) is 4.98 Å². The highest BCUT2D eigenvalue weighted by atomic mass is 16.5. The average molecular weight is 270 g/mol. The molecule has 2 heterocycles. The molecule has 20 heavy (non-hydrogen) atoms. The number of fused-ring (bicyclic) bond motifs is 1. The molecule has 0 saturated carbocycles. The van der Waals surface area contributed by atoms with Gasteiger partial charge >= 0.3 is 5.97 Å². The molecule has 0 unspecified atom stereocenters. The number of carbonyl (C=O) groups is 1. The quantitative estimate of drug-likeness (QED) is 0.746. The van der Waals surface area contributed by atoms with E-state index in [9.17, 15) is 9.90 Å². The van der Waals surface area contributed by atoms with Gasteiger partial charge in [0, 0.05) is 5.39 Å². The van der Waals surface area contributed by atoms with Crippen molar-refractivity contribution in [2.75, 3.05) is 5.32 Å². The molecule has 0 amide bonds. The third-order valence-corrected chi connectivity index (χ3v) is 2.78. The molecule has 0 radical (unpaired) electrons. The molecule has 3 rings (SSSR count). The van der Waals surface area contributed by atoms with Crippen molar-refractivity contribution in [2.24, 2.45) is 0 Å². The summed E-state index contributed by atoms with van der Waals surface area (Å²) in [4.78, 5) is 19.5. The molecule has 2 N–H and O–H groups in total. The summed E-state index contributed by atoms with van der Waals surface area (Å²) in [6.45, 7) is 0.306. The summed E-state index contributed by atoms with van der Waals surface area (Å²) in [7, 11) is 0. The fraction of sp³-hybridized carbons (Fsp3) is 0.0769. The number of nitrogens with one attached hydrogen (secondary N) is 1. The van der Waals surface area contributed by atoms with Crippen LogP contribution in [-0.2, 0) is 6.54 Å². The van der Waals surface area contributed by atoms with Crippen LogP contribution in [0.3, 0.4) is 0 Å². The fourth-order valence-electron chi connectivity index (χ4n) is 1.88. The molecule has 7 nitrogen and oxygen atoms in total. The first-order valence-electron chi connectivity index (χ1n) is 5.86. The molecule has 1 aromatic carbocycles. The monoisotopic (exact) mass is 270 g/mol. The molecule has 0 aliphatic carbocycles. The maximum atomic E-state index is 11.3. The van der Waals surface area contributed by atoms with Gasteiger partial charge in [-0.05, 0) is 12.1 Å². The molecule has 0 saturated heterocycles. The number of aromatic nitrogens is 3. The van der Waals surface area contributed by atoms with Gasteiger partial charge in [-0.3, -0.25) is 0 Å². The zero-order valence-corrected chi connectivity index (χ0v) is 10.3. The van der Waals surface area contributed by atoms with Crippen LogP contribution in [0.25, 0.3) is 10.9 Å². The first kappa shape index (κ1) is 12.1. The van der Waals surface area contributed by atoms with Gasteiger partial charge in [-0.25, -0.2) is 9.78 Å². The van der Waals surface area contributed by atoms with Gasteiger partial charge < -0.3 is 14.9 Å². The predicted molar refractivity (Wildman–Crippen MR) is 70.3 cm³/mol. The van der Waals surface area contributed by atoms with Crippen LogP contribution in [-0.4, -0.2) is 26.2 Å². The van der Waals surface area contributed by atoms with Crippen LogP contribution in [0.2, 0.25) is 0 Å². The molecule has 100 valence electrons. The van der Waals surface area contributed by atoms with E-state index >= 15 is 0 Å². The van der Waals surface area contributed by atoms with Crippen molar-refractivity contribution in [3.8, 4) is 0 Å². The minimum atomic E-state index is -0.994. The second-order valence-corrected chi connectivity index (χ2v) is 4.08. The zero-order chi connectivity index (χ0) is 13.9. The van der Waals surface area contributed by atoms with Crippen molar-refractivity contribution in [1.82, 2.24) is 15.1 Å². The maximum Gasteiger partial charge on any atom is 0.336 e. The summed E-state index contributed by atoms with van der Waals surface area (Å²) < 4.78 is 4.62. The molecule has 0 aliphatic heterocycles. The number of hydrogen-bond acceptors (Lipinski definition) is 6. The van der Waals surface area contributed by atoms with Crippen LogP contribution >= 0.6 is 0 Å². The molecule has 3 aromatic rings. The van der Waals surface area contributed by atoms with E-state index in [0.29, 0.717) is 29.1 Å². The third kappa shape index (κ3) is 2.28. The van der Waals surface area contributed by atoms with E-state index in [-0.39, 0.29) is 5.56 Å². The normalized spacial score (nSPS) is 10.6. The molecule has 0 aliphatic rings. The number of aromatic carboxylic acids is 1. The Hall–Kier alpha value is -2.96. The average Bonchev–Trinajstić information content (AvgIpc) is 2.97. The summed E-state index contributed by atoms with van der Waals surface area (Å²) in [5.74, 6) is -0.0751. The second kappa shape index (κ2) is 4.96. The van der Waals surface area contributed by atoms with Crippen LogP contribution in [0, 0.1) is 0 Å². The Morgan fingerprint density at radius 3 is 2.95 bits per heavy atom. The lowest BCUT2D eigenvalue weighted by Gasteiger charge is -2.07. The molecule has 0 fully saturated rings. The van der Waals surface area contributed by atoms with Crippen LogP contribution in [0.4, 0.5) is 5.82 Å². The maximum absolute atomic E-state index is 11.3. The van der Waals surface area contributed by atoms with Crippen LogP contribution in [0.15, 0.2) is 41.2 Å². The third-order valence-electron chi connectivity index (χ3n) is 2.78. The lowest BCUT2D eigenvalue weighted by Crippen LogP contribution is -2.06. The Bertz CT molecular complexity index is 755. The SMILES string of the molecule is O=C(O)c1cc(NCc2ncon2)nc2ccccc12. The van der Waals surface area contributed by atoms with E-state index in [1.165, 1.54) is 12.5 Å². The Morgan fingerprint density at radius 1 is 1.35 bits per heavy atom. The molecule has 2 aromatic heterocycles. The smallest absolute Gasteiger partial charge is 0.336 e. The largest absolute Gasteiger partial charge is 0.478 e. The highest BCUT2D eigenvalue weighted by Gasteiger charge is 2.11. The number of benzene rings is 1. The molecule has 0 spiro atoms. The number of para-hydroxylation sites is 1. The number of nitrogens with zero attached hydrogens (tertiary/aromatic N) is 3. The number of pyridine rings is 1. The lowest BCUT2D eigenvalue weighted by atomic mass is 10.1. The van der Waals surface area contributed by atoms with Crippen molar-refractivity contribution >= 4 is 22.7 Å². The van der Waals surface area contributed by atoms with E-state index in [0.717, 1.165) is 0 Å². The summed E-state index contributed by atoms with van der Waals surface area (Å²) in [6, 6.07) is 8.58. The van der Waals surface area contributed by atoms with Crippen LogP contribution in [0.5, 0.6) is 0 Å². The van der Waals surface area contributed by atoms with E-state index in [1.54, 1.807) is 18.2 Å². The second-order valence-electron chi connectivity index (χ2n) is 4.08. The Labute approximate surface area is 113 Å². The van der Waals surface area contributed by atoms with Crippen molar-refractivity contribution in [3.63, 3.8) is 0 Å². The minimum Gasteiger partial charge on any atom is -0.478 e. The van der Waals surface area contributed by atoms with Crippen molar-refractivity contribution in [1.29, 1.82) is 0 Å². The number of rotatable bonds is 4. The lowest BCUT2D eigenvalue weighted by molar-refractivity contribution is 0.0699. The number of carboxylic acids is 1. The highest BCUT2D eigenvalue weighted by Crippen LogP contribution is 2.21. The molecule has 0 bridgehead atoms. The minimum absolute atomic E-state index is 0.200. The van der Waals surface area contributed by atoms with Crippen molar-refractivity contribution in [2.45, 2.75) is 6.54 Å². The van der Waals surface area contributed by atoms with Crippen molar-refractivity contribution in [3.05, 3.63) is 48.1 Å². The van der Waals surface area contributed by atoms with Gasteiger partial charge in [0.15, 0.2) is 5.82 Å². The molecule has 7 heteroatoms. The summed E-state index contributed by atoms with van der Waals surface area (Å²) in [5.41, 5.74) is 0.814. The number of carboxylic acid groups (broad SMARTS) is 1. The Morgan fingerprint density at radius 2 is 2.20 bits per heavy atom. The van der Waals surface area contributed by atoms with E-state index in [2.05, 4.69) is 25.0 Å². The van der Waals surface area contributed by atoms with Gasteiger partial charge in [0.25, 0.3) is 0 Å². The number of hydrogen-bond donors (Lipinski definition) is 2. The molecule has 0 atom stereocenters. The van der Waals surface area contributed by atoms with Gasteiger partial charge in [0.05, 0.1) is 17.6 Å². The first-order valence-corrected chi connectivity index (χ1v) is 5.86. The topological polar surface area (TPSA) is 101 Å². The van der Waals surface area contributed by atoms with Crippen LogP contribution < -0.4 is 5.32 Å². The van der Waals surface area contributed by atoms with Gasteiger partial charge in [-0.15, -0.1) is 0 Å². The highest BCUT2D eigenvalue weighted by molar-refractivity contribution is 6.03. The van der Waals surface area contributed by atoms with Gasteiger partial charge in [0.2, 0.25) is 6.39 Å². The van der Waals surface area contributed by atoms with Crippen LogP contribution in [0.1, 0.15) is 16.2 Å². The Kier molecular flexibility index (Phi) is 3.00. The van der Waals surface area contributed by atoms with E-state index < -0.39 is 5.97 Å². The molecular formula is C13H10N4O3. The first-order chi connectivity index (χ1) is 9.74. The van der Waals surface area contributed by atoms with Gasteiger partial charge in [0.1, 0.15) is 5.82 Å². The zero-order valence-electron chi connectivity index (χ0n) is 10.3. The van der Waals surface area contributed by atoms with E-state index in [4.69, 9.17) is 0 Å². The summed E-state index contributed by atoms with van der Waals surface area (Å²) >= 11 is 0. The van der Waals surface area contributed by atoms with E-state index in [1.807, 2.05) is 6.07 Å². The van der Waals surface area contributed by atoms with Crippen molar-refractivity contribution < 1.29 is 14.4 Å². The van der Waals surface area contributed by atoms with Gasteiger partial charge in [-0.1, -0.05) is 23.4 Å². The summed E-state index contributed by atoms with van der Waals surface area (Å²) in [5, 5.41) is 16.5. The standard InChI is InChI=1S/C13H10N4O3/c18-13(19)9-5-11(14-6-12-15-7-20-17-12)16-10-4-2-1-3-8(9)10/h1-5,7H,6H2,(H,14,16)(H,18,19). The predicted octanol–water partition coefficient (Wildman–Crippen LogP) is 1.93. The molecular weight excluding hydrogens is 260 g/mol.